The first-order valence-corrected chi connectivity index (χ1v) is 4.74. The number of likely N-dealkylation sites (N-methyl/N-ethyl adjacent to an activating group) is 1. The maximum Gasteiger partial charge on any atom is 0.345 e. The molecule has 0 aromatic carbocycles. The summed E-state index contributed by atoms with van der Waals surface area (Å²) < 4.78 is 4.46. The number of thiazole rings is 1. The highest BCUT2D eigenvalue weighted by Gasteiger charge is 2.16. The van der Waals surface area contributed by atoms with E-state index in [1.807, 2.05) is 0 Å². The lowest BCUT2D eigenvalue weighted by molar-refractivity contribution is -0.380. The van der Waals surface area contributed by atoms with Crippen LogP contribution in [0, 0.1) is 10.1 Å². The van der Waals surface area contributed by atoms with Crippen LogP contribution < -0.4 is 4.90 Å². The van der Waals surface area contributed by atoms with Gasteiger partial charge in [-0.2, -0.15) is 0 Å². The third-order valence-electron chi connectivity index (χ3n) is 1.58. The number of hydrogen-bond acceptors (Lipinski definition) is 7. The molecule has 0 radical (unpaired) electrons. The van der Waals surface area contributed by atoms with Gasteiger partial charge in [0, 0.05) is 7.05 Å². The molecule has 0 fully saturated rings. The number of esters is 1. The van der Waals surface area contributed by atoms with Crippen LogP contribution in [0.5, 0.6) is 0 Å². The van der Waals surface area contributed by atoms with Crippen molar-refractivity contribution in [1.29, 1.82) is 0 Å². The van der Waals surface area contributed by atoms with Gasteiger partial charge in [0.15, 0.2) is 5.13 Å². The van der Waals surface area contributed by atoms with Crippen LogP contribution >= 0.6 is 11.3 Å². The Morgan fingerprint density at radius 3 is 2.93 bits per heavy atom. The van der Waals surface area contributed by atoms with Crippen molar-refractivity contribution in [1.82, 2.24) is 4.98 Å². The highest BCUT2D eigenvalue weighted by Crippen LogP contribution is 2.27. The summed E-state index contributed by atoms with van der Waals surface area (Å²) in [5, 5.41) is 10.7. The molecule has 0 amide bonds. The van der Waals surface area contributed by atoms with E-state index in [2.05, 4.69) is 9.72 Å². The molecule has 7 nitrogen and oxygen atoms in total. The van der Waals surface area contributed by atoms with Gasteiger partial charge in [-0.05, 0) is 11.3 Å². The predicted molar refractivity (Wildman–Crippen MR) is 54.1 cm³/mol. The first-order valence-electron chi connectivity index (χ1n) is 3.92. The lowest BCUT2D eigenvalue weighted by Gasteiger charge is -2.12. The van der Waals surface area contributed by atoms with Crippen molar-refractivity contribution < 1.29 is 14.5 Å². The van der Waals surface area contributed by atoms with Gasteiger partial charge < -0.3 is 9.64 Å². The van der Waals surface area contributed by atoms with Gasteiger partial charge in [-0.25, -0.2) is 4.98 Å². The fourth-order valence-corrected chi connectivity index (χ4v) is 1.54. The molecule has 1 aromatic heterocycles. The minimum atomic E-state index is -0.521. The lowest BCUT2D eigenvalue weighted by atomic mass is 10.6. The number of aromatic nitrogens is 1. The second-order valence-corrected chi connectivity index (χ2v) is 3.66. The molecular formula is C7H9N3O4S. The molecule has 0 N–H and O–H groups in total. The van der Waals surface area contributed by atoms with Gasteiger partial charge in [0.05, 0.1) is 12.0 Å². The van der Waals surface area contributed by atoms with Crippen LogP contribution in [0.1, 0.15) is 0 Å². The second-order valence-electron chi connectivity index (χ2n) is 2.67. The summed E-state index contributed by atoms with van der Waals surface area (Å²) in [5.41, 5.74) is 0. The quantitative estimate of drug-likeness (QED) is 0.430. The van der Waals surface area contributed by atoms with Gasteiger partial charge in [0.1, 0.15) is 12.7 Å². The molecule has 0 spiro atoms. The summed E-state index contributed by atoms with van der Waals surface area (Å²) in [6.07, 6.45) is 1.16. The average Bonchev–Trinajstić information content (AvgIpc) is 2.66. The largest absolute Gasteiger partial charge is 0.468 e. The SMILES string of the molecule is COC(=O)CN(C)c1ncc([N+](=O)[O-])s1. The van der Waals surface area contributed by atoms with Gasteiger partial charge in [-0.15, -0.1) is 0 Å². The van der Waals surface area contributed by atoms with Crippen molar-refractivity contribution in [3.05, 3.63) is 16.3 Å². The van der Waals surface area contributed by atoms with E-state index < -0.39 is 10.9 Å². The highest BCUT2D eigenvalue weighted by atomic mass is 32.1. The van der Waals surface area contributed by atoms with Gasteiger partial charge in [-0.1, -0.05) is 0 Å². The summed E-state index contributed by atoms with van der Waals surface area (Å²) in [6.45, 7) is 0.0150. The molecule has 15 heavy (non-hydrogen) atoms. The number of nitro groups is 1. The Hall–Kier alpha value is -1.70. The molecule has 0 aliphatic carbocycles. The average molecular weight is 231 g/mol. The molecule has 0 bridgehead atoms. The zero-order valence-electron chi connectivity index (χ0n) is 8.17. The lowest BCUT2D eigenvalue weighted by Crippen LogP contribution is -2.26. The van der Waals surface area contributed by atoms with Gasteiger partial charge >= 0.3 is 11.0 Å². The molecule has 1 aromatic rings. The van der Waals surface area contributed by atoms with Crippen molar-refractivity contribution in [2.75, 3.05) is 25.6 Å². The molecule has 8 heteroatoms. The van der Waals surface area contributed by atoms with Crippen LogP contribution in [0.15, 0.2) is 6.20 Å². The molecule has 0 atom stereocenters. The standard InChI is InChI=1S/C7H9N3O4S/c1-9(4-6(11)14-2)7-8-3-5(15-7)10(12)13/h3H,4H2,1-2H3. The maximum absolute atomic E-state index is 10.9. The van der Waals surface area contributed by atoms with E-state index in [-0.39, 0.29) is 11.5 Å². The Bertz CT molecular complexity index is 378. The normalized spacial score (nSPS) is 9.73. The maximum atomic E-state index is 10.9. The van der Waals surface area contributed by atoms with Crippen LogP contribution in [0.2, 0.25) is 0 Å². The minimum Gasteiger partial charge on any atom is -0.468 e. The summed E-state index contributed by atoms with van der Waals surface area (Å²) in [7, 11) is 2.89. The van der Waals surface area contributed by atoms with Crippen LogP contribution in [-0.2, 0) is 9.53 Å². The highest BCUT2D eigenvalue weighted by molar-refractivity contribution is 7.18. The van der Waals surface area contributed by atoms with Crippen molar-refractivity contribution >= 4 is 27.4 Å². The van der Waals surface area contributed by atoms with Crippen LogP contribution in [0.25, 0.3) is 0 Å². The number of carbonyl (C=O) groups is 1. The molecule has 0 saturated carbocycles. The minimum absolute atomic E-state index is 0.0150. The third-order valence-corrected chi connectivity index (χ3v) is 2.64. The molecule has 1 rings (SSSR count). The van der Waals surface area contributed by atoms with E-state index in [0.29, 0.717) is 5.13 Å². The van der Waals surface area contributed by atoms with Crippen molar-refractivity contribution in [2.24, 2.45) is 0 Å². The first kappa shape index (κ1) is 11.4. The Morgan fingerprint density at radius 1 is 1.80 bits per heavy atom. The number of ether oxygens (including phenoxy) is 1. The Kier molecular flexibility index (Phi) is 3.56. The fourth-order valence-electron chi connectivity index (χ4n) is 0.843. The Balaban J connectivity index is 2.69. The van der Waals surface area contributed by atoms with Crippen LogP contribution in [-0.4, -0.2) is 36.6 Å². The molecule has 0 saturated heterocycles. The molecule has 0 unspecified atom stereocenters. The summed E-state index contributed by atoms with van der Waals surface area (Å²) in [5.74, 6) is -0.421. The molecule has 1 heterocycles. The van der Waals surface area contributed by atoms with Crippen molar-refractivity contribution in [3.8, 4) is 0 Å². The Morgan fingerprint density at radius 2 is 2.47 bits per heavy atom. The van der Waals surface area contributed by atoms with Gasteiger partial charge in [-0.3, -0.25) is 14.9 Å². The number of anilines is 1. The van der Waals surface area contributed by atoms with E-state index in [4.69, 9.17) is 0 Å². The topological polar surface area (TPSA) is 85.6 Å². The predicted octanol–water partition coefficient (Wildman–Crippen LogP) is 0.660. The van der Waals surface area contributed by atoms with E-state index in [1.165, 1.54) is 12.0 Å². The van der Waals surface area contributed by atoms with E-state index in [0.717, 1.165) is 17.5 Å². The summed E-state index contributed by atoms with van der Waals surface area (Å²) >= 11 is 0.910. The van der Waals surface area contributed by atoms with Crippen molar-refractivity contribution in [2.45, 2.75) is 0 Å². The van der Waals surface area contributed by atoms with E-state index >= 15 is 0 Å². The second kappa shape index (κ2) is 4.69. The molecule has 82 valence electrons. The first-order chi connectivity index (χ1) is 7.04. The van der Waals surface area contributed by atoms with E-state index in [9.17, 15) is 14.9 Å². The molecule has 0 aliphatic rings. The number of hydrogen-bond donors (Lipinski definition) is 0. The van der Waals surface area contributed by atoms with E-state index in [1.54, 1.807) is 7.05 Å². The van der Waals surface area contributed by atoms with Crippen LogP contribution in [0.3, 0.4) is 0 Å². The fraction of sp³-hybridized carbons (Fsp3) is 0.429. The van der Waals surface area contributed by atoms with Gasteiger partial charge in [0.25, 0.3) is 0 Å². The zero-order chi connectivity index (χ0) is 11.4. The van der Waals surface area contributed by atoms with Gasteiger partial charge in [0.2, 0.25) is 0 Å². The molecular weight excluding hydrogens is 222 g/mol. The summed E-state index contributed by atoms with van der Waals surface area (Å²) in [4.78, 5) is 26.1. The number of nitrogens with zero attached hydrogens (tertiary/aromatic N) is 3. The third kappa shape index (κ3) is 2.88. The number of methoxy groups -OCH3 is 1. The monoisotopic (exact) mass is 231 g/mol. The Labute approximate surface area is 89.4 Å². The van der Waals surface area contributed by atoms with Crippen LogP contribution in [0.4, 0.5) is 10.1 Å². The number of rotatable bonds is 4. The molecule has 0 aliphatic heterocycles. The smallest absolute Gasteiger partial charge is 0.345 e. The van der Waals surface area contributed by atoms with Crippen molar-refractivity contribution in [3.63, 3.8) is 0 Å². The number of carbonyl (C=O) groups excluding carboxylic acids is 1. The summed E-state index contributed by atoms with van der Waals surface area (Å²) in [6, 6.07) is 0. The zero-order valence-corrected chi connectivity index (χ0v) is 8.98.